The summed E-state index contributed by atoms with van der Waals surface area (Å²) in [5.41, 5.74) is 1.15. The van der Waals surface area contributed by atoms with Gasteiger partial charge in [0.05, 0.1) is 12.0 Å². The van der Waals surface area contributed by atoms with E-state index in [0.29, 0.717) is 18.8 Å². The van der Waals surface area contributed by atoms with Crippen LogP contribution in [0.1, 0.15) is 40.7 Å². The zero-order valence-electron chi connectivity index (χ0n) is 16.2. The molecule has 30 heavy (non-hydrogen) atoms. The highest BCUT2D eigenvalue weighted by Gasteiger charge is 2.25. The van der Waals surface area contributed by atoms with Crippen molar-refractivity contribution < 1.29 is 18.4 Å². The number of nitrogens with zero attached hydrogens (tertiary/aromatic N) is 2. The number of furan rings is 1. The predicted molar refractivity (Wildman–Crippen MR) is 109 cm³/mol. The van der Waals surface area contributed by atoms with Crippen LogP contribution in [0.2, 0.25) is 0 Å². The van der Waals surface area contributed by atoms with E-state index < -0.39 is 11.7 Å². The van der Waals surface area contributed by atoms with E-state index in [1.807, 2.05) is 0 Å². The van der Waals surface area contributed by atoms with Crippen LogP contribution in [0.3, 0.4) is 0 Å². The normalized spacial score (nSPS) is 14.9. The van der Waals surface area contributed by atoms with Crippen molar-refractivity contribution in [3.8, 4) is 0 Å². The summed E-state index contributed by atoms with van der Waals surface area (Å²) in [6, 6.07) is 11.2. The molecule has 0 bridgehead atoms. The summed E-state index contributed by atoms with van der Waals surface area (Å²) in [6.45, 7) is 1.23. The Labute approximate surface area is 172 Å². The Kier molecular flexibility index (Phi) is 5.74. The monoisotopic (exact) mass is 408 g/mol. The van der Waals surface area contributed by atoms with Crippen LogP contribution in [0.5, 0.6) is 0 Å². The number of benzene rings is 1. The lowest BCUT2D eigenvalue weighted by atomic mass is 9.93. The van der Waals surface area contributed by atoms with Crippen molar-refractivity contribution in [1.29, 1.82) is 0 Å². The molecule has 0 saturated carbocycles. The fourth-order valence-electron chi connectivity index (χ4n) is 3.47. The van der Waals surface area contributed by atoms with Gasteiger partial charge in [0.15, 0.2) is 5.69 Å². The summed E-state index contributed by atoms with van der Waals surface area (Å²) in [5.74, 6) is -0.222. The Balaban J connectivity index is 1.32. The molecule has 0 aliphatic carbocycles. The quantitative estimate of drug-likeness (QED) is 0.628. The van der Waals surface area contributed by atoms with Gasteiger partial charge in [0.1, 0.15) is 11.6 Å². The van der Waals surface area contributed by atoms with Gasteiger partial charge in [-0.25, -0.2) is 4.39 Å². The highest BCUT2D eigenvalue weighted by Crippen LogP contribution is 2.27. The molecular formula is C22H21FN4O3. The maximum atomic E-state index is 13.7. The highest BCUT2D eigenvalue weighted by molar-refractivity contribution is 6.03. The largest absolute Gasteiger partial charge is 0.465 e. The van der Waals surface area contributed by atoms with Crippen molar-refractivity contribution in [2.24, 2.45) is 0 Å². The number of anilines is 1. The molecule has 0 spiro atoms. The first-order chi connectivity index (χ1) is 14.6. The molecule has 2 aromatic heterocycles. The number of para-hydroxylation sites is 1. The zero-order valence-corrected chi connectivity index (χ0v) is 16.2. The van der Waals surface area contributed by atoms with Crippen molar-refractivity contribution in [1.82, 2.24) is 15.1 Å². The molecule has 0 radical (unpaired) electrons. The number of halogens is 1. The number of likely N-dealkylation sites (tertiary alicyclic amines) is 1. The molecule has 4 rings (SSSR count). The number of hydrogen-bond donors (Lipinski definition) is 2. The molecule has 1 aliphatic heterocycles. The summed E-state index contributed by atoms with van der Waals surface area (Å²) >= 11 is 0. The third-order valence-corrected chi connectivity index (χ3v) is 5.13. The van der Waals surface area contributed by atoms with E-state index in [-0.39, 0.29) is 23.2 Å². The molecule has 1 saturated heterocycles. The van der Waals surface area contributed by atoms with Gasteiger partial charge in [-0.15, -0.1) is 0 Å². The van der Waals surface area contributed by atoms with Crippen LogP contribution in [-0.4, -0.2) is 40.0 Å². The number of nitrogens with one attached hydrogen (secondary N) is 2. The zero-order chi connectivity index (χ0) is 20.9. The minimum Gasteiger partial charge on any atom is -0.465 e. The van der Waals surface area contributed by atoms with E-state index in [1.54, 1.807) is 47.6 Å². The van der Waals surface area contributed by atoms with Gasteiger partial charge in [-0.05, 0) is 49.2 Å². The van der Waals surface area contributed by atoms with Crippen LogP contribution < -0.4 is 5.32 Å². The minimum atomic E-state index is -0.500. The lowest BCUT2D eigenvalue weighted by Gasteiger charge is -2.30. The summed E-state index contributed by atoms with van der Waals surface area (Å²) in [5, 5.41) is 9.50. The predicted octanol–water partition coefficient (Wildman–Crippen LogP) is 3.81. The first-order valence-corrected chi connectivity index (χ1v) is 9.72. The number of aromatic nitrogens is 2. The molecule has 8 heteroatoms. The molecule has 3 aromatic rings. The number of rotatable bonds is 5. The molecular weight excluding hydrogens is 387 g/mol. The van der Waals surface area contributed by atoms with Crippen LogP contribution in [0.15, 0.2) is 59.2 Å². The Hall–Kier alpha value is -3.68. The third-order valence-electron chi connectivity index (χ3n) is 5.13. The van der Waals surface area contributed by atoms with E-state index in [1.165, 1.54) is 18.2 Å². The number of piperidine rings is 1. The Morgan fingerprint density at radius 2 is 2.00 bits per heavy atom. The average molecular weight is 408 g/mol. The van der Waals surface area contributed by atoms with Gasteiger partial charge in [-0.3, -0.25) is 14.7 Å². The molecule has 0 atom stereocenters. The summed E-state index contributed by atoms with van der Waals surface area (Å²) in [4.78, 5) is 26.5. The second kappa shape index (κ2) is 8.77. The number of carbonyl (C=O) groups is 2. The minimum absolute atomic E-state index is 0.0561. The van der Waals surface area contributed by atoms with Crippen molar-refractivity contribution in [2.75, 3.05) is 18.4 Å². The molecule has 0 unspecified atom stereocenters. The van der Waals surface area contributed by atoms with Gasteiger partial charge >= 0.3 is 0 Å². The van der Waals surface area contributed by atoms with Gasteiger partial charge in [0.25, 0.3) is 5.91 Å². The fraction of sp³-hybridized carbons (Fsp3) is 0.227. The fourth-order valence-corrected chi connectivity index (χ4v) is 3.47. The van der Waals surface area contributed by atoms with Crippen molar-refractivity contribution in [2.45, 2.75) is 18.8 Å². The van der Waals surface area contributed by atoms with Gasteiger partial charge in [0, 0.05) is 30.8 Å². The number of carbonyl (C=O) groups excluding carboxylic acids is 2. The van der Waals surface area contributed by atoms with E-state index in [2.05, 4.69) is 15.5 Å². The van der Waals surface area contributed by atoms with Crippen LogP contribution in [0, 0.1) is 5.82 Å². The third kappa shape index (κ3) is 4.48. The molecule has 1 aliphatic rings. The Morgan fingerprint density at radius 1 is 1.20 bits per heavy atom. The molecule has 1 fully saturated rings. The molecule has 2 N–H and O–H groups in total. The Morgan fingerprint density at radius 3 is 2.73 bits per heavy atom. The van der Waals surface area contributed by atoms with E-state index >= 15 is 0 Å². The summed E-state index contributed by atoms with van der Waals surface area (Å²) < 4.78 is 18.9. The molecule has 154 valence electrons. The first kappa shape index (κ1) is 19.6. The highest BCUT2D eigenvalue weighted by atomic mass is 19.1. The Bertz CT molecular complexity index is 1050. The molecule has 1 aromatic carbocycles. The van der Waals surface area contributed by atoms with Gasteiger partial charge < -0.3 is 14.6 Å². The van der Waals surface area contributed by atoms with Crippen molar-refractivity contribution in [3.05, 3.63) is 77.8 Å². The molecule has 3 heterocycles. The number of H-pyrrole nitrogens is 1. The SMILES string of the molecule is O=C(Nc1ccccc1F)c1cc(C2CCN(C(=O)C=Cc3ccco3)CC2)[nH]n1. The summed E-state index contributed by atoms with van der Waals surface area (Å²) in [6.07, 6.45) is 6.25. The average Bonchev–Trinajstić information content (AvgIpc) is 3.46. The lowest BCUT2D eigenvalue weighted by Crippen LogP contribution is -2.36. The lowest BCUT2D eigenvalue weighted by molar-refractivity contribution is -0.127. The van der Waals surface area contributed by atoms with Gasteiger partial charge in [0.2, 0.25) is 5.91 Å². The van der Waals surface area contributed by atoms with E-state index in [4.69, 9.17) is 4.42 Å². The van der Waals surface area contributed by atoms with Gasteiger partial charge in [-0.1, -0.05) is 12.1 Å². The topological polar surface area (TPSA) is 91.2 Å². The number of aromatic amines is 1. The first-order valence-electron chi connectivity index (χ1n) is 9.72. The van der Waals surface area contributed by atoms with Crippen molar-refractivity contribution >= 4 is 23.6 Å². The maximum absolute atomic E-state index is 13.7. The van der Waals surface area contributed by atoms with E-state index in [0.717, 1.165) is 18.5 Å². The van der Waals surface area contributed by atoms with Crippen molar-refractivity contribution in [3.63, 3.8) is 0 Å². The van der Waals surface area contributed by atoms with E-state index in [9.17, 15) is 14.0 Å². The van der Waals surface area contributed by atoms with Crippen LogP contribution >= 0.6 is 0 Å². The second-order valence-corrected chi connectivity index (χ2v) is 7.09. The summed E-state index contributed by atoms with van der Waals surface area (Å²) in [7, 11) is 0. The van der Waals surface area contributed by atoms with Crippen LogP contribution in [0.25, 0.3) is 6.08 Å². The standard InChI is InChI=1S/C22H21FN4O3/c23-17-5-1-2-6-18(17)24-22(29)20-14-19(25-26-20)15-9-11-27(12-10-15)21(28)8-7-16-4-3-13-30-16/h1-8,13-15H,9-12H2,(H,24,29)(H,25,26). The van der Waals surface area contributed by atoms with Gasteiger partial charge in [-0.2, -0.15) is 5.10 Å². The number of amides is 2. The van der Waals surface area contributed by atoms with Crippen LogP contribution in [0.4, 0.5) is 10.1 Å². The van der Waals surface area contributed by atoms with Crippen LogP contribution in [-0.2, 0) is 4.79 Å². The number of hydrogen-bond acceptors (Lipinski definition) is 4. The molecule has 7 nitrogen and oxygen atoms in total. The maximum Gasteiger partial charge on any atom is 0.276 e. The second-order valence-electron chi connectivity index (χ2n) is 7.09. The smallest absolute Gasteiger partial charge is 0.276 e. The molecule has 2 amide bonds.